The van der Waals surface area contributed by atoms with Gasteiger partial charge in [0.15, 0.2) is 6.73 Å². The number of amides is 1. The maximum absolute atomic E-state index is 13.2. The van der Waals surface area contributed by atoms with Gasteiger partial charge >= 0.3 is 5.97 Å². The van der Waals surface area contributed by atoms with Gasteiger partial charge in [-0.2, -0.15) is 0 Å². The lowest BCUT2D eigenvalue weighted by molar-refractivity contribution is -0.144. The molecule has 1 atom stereocenters. The van der Waals surface area contributed by atoms with Crippen LogP contribution in [0.25, 0.3) is 10.1 Å². The Bertz CT molecular complexity index is 1610. The lowest BCUT2D eigenvalue weighted by Crippen LogP contribution is -2.46. The number of esters is 1. The third-order valence-corrected chi connectivity index (χ3v) is 10.9. The van der Waals surface area contributed by atoms with Gasteiger partial charge in [0.05, 0.1) is 18.2 Å². The Labute approximate surface area is 316 Å². The molecule has 1 fully saturated rings. The Morgan fingerprint density at radius 3 is 2.40 bits per heavy atom. The fraction of sp³-hybridized carbons (Fsp3) is 0.500. The summed E-state index contributed by atoms with van der Waals surface area (Å²) in [4.78, 5) is 32.4. The molecule has 0 aliphatic carbocycles. The highest BCUT2D eigenvalue weighted by molar-refractivity contribution is 7.17. The zero-order chi connectivity index (χ0) is 36.2. The lowest BCUT2D eigenvalue weighted by atomic mass is 9.98. The number of allylic oxidation sites excluding steroid dienone is 6. The molecule has 280 valence electrons. The first kappa shape index (κ1) is 39.5. The minimum absolute atomic E-state index is 0.0476. The van der Waals surface area contributed by atoms with Crippen LogP contribution in [-0.4, -0.2) is 62.8 Å². The Balaban J connectivity index is 0.921. The Kier molecular flexibility index (Phi) is 17.0. The molecule has 2 aromatic carbocycles. The summed E-state index contributed by atoms with van der Waals surface area (Å²) in [7, 11) is 0. The molecule has 3 aromatic rings. The standard InChI is InChI=1S/C44H59N3O4S/c1-2-3-4-5-6-7-8-9-10-11-12-13-14-15-16-26-44(49)51-36-47-40-23-18-17-22-37(40)41(35-43(47)48)50-33-20-19-28-45-29-31-46(32-30-45)39-24-21-25-42-38(39)27-34-52-42/h3-4,6-7,9-10,17-18,21-25,27,34,41H,2,5,8,11-16,19-20,26,28-33,35-36H2,1H3/b4-3-,7-6-,10-9-. The highest BCUT2D eigenvalue weighted by atomic mass is 32.1. The van der Waals surface area contributed by atoms with Crippen LogP contribution in [0.4, 0.5) is 11.4 Å². The second kappa shape index (κ2) is 22.4. The largest absolute Gasteiger partial charge is 0.444 e. The summed E-state index contributed by atoms with van der Waals surface area (Å²) in [6, 6.07) is 16.7. The van der Waals surface area contributed by atoms with E-state index in [4.69, 9.17) is 9.47 Å². The quantitative estimate of drug-likeness (QED) is 0.0584. The summed E-state index contributed by atoms with van der Waals surface area (Å²) in [5.41, 5.74) is 3.12. The number of carbonyl (C=O) groups is 2. The number of benzene rings is 2. The van der Waals surface area contributed by atoms with Crippen LogP contribution < -0.4 is 9.80 Å². The van der Waals surface area contributed by atoms with Crippen molar-refractivity contribution in [3.05, 3.63) is 95.9 Å². The average molecular weight is 726 g/mol. The van der Waals surface area contributed by atoms with E-state index in [0.717, 1.165) is 102 Å². The monoisotopic (exact) mass is 725 g/mol. The summed E-state index contributed by atoms with van der Waals surface area (Å²) in [5.74, 6) is -0.312. The van der Waals surface area contributed by atoms with Gasteiger partial charge < -0.3 is 14.4 Å². The molecule has 0 radical (unpaired) electrons. The van der Waals surface area contributed by atoms with Gasteiger partial charge in [-0.25, -0.2) is 0 Å². The molecular formula is C44H59N3O4S. The molecule has 2 aliphatic rings. The maximum atomic E-state index is 13.2. The van der Waals surface area contributed by atoms with Crippen molar-refractivity contribution in [3.8, 4) is 0 Å². The Morgan fingerprint density at radius 1 is 0.808 bits per heavy atom. The summed E-state index contributed by atoms with van der Waals surface area (Å²) in [6.45, 7) is 8.03. The fourth-order valence-electron chi connectivity index (χ4n) is 7.04. The van der Waals surface area contributed by atoms with Crippen LogP contribution >= 0.6 is 11.3 Å². The van der Waals surface area contributed by atoms with E-state index in [-0.39, 0.29) is 31.1 Å². The van der Waals surface area contributed by atoms with E-state index in [1.165, 1.54) is 28.6 Å². The molecule has 1 aromatic heterocycles. The third kappa shape index (κ3) is 12.5. The van der Waals surface area contributed by atoms with Crippen LogP contribution in [0.2, 0.25) is 0 Å². The van der Waals surface area contributed by atoms with E-state index in [1.807, 2.05) is 35.6 Å². The first-order valence-corrected chi connectivity index (χ1v) is 20.6. The number of hydrogen-bond donors (Lipinski definition) is 0. The number of fused-ring (bicyclic) bond motifs is 2. The molecule has 3 heterocycles. The third-order valence-electron chi connectivity index (χ3n) is 10.00. The number of piperazine rings is 1. The smallest absolute Gasteiger partial charge is 0.307 e. The number of carbonyl (C=O) groups excluding carboxylic acids is 2. The predicted octanol–water partition coefficient (Wildman–Crippen LogP) is 10.4. The molecule has 2 aliphatic heterocycles. The van der Waals surface area contributed by atoms with Gasteiger partial charge in [-0.3, -0.25) is 19.4 Å². The van der Waals surface area contributed by atoms with Crippen molar-refractivity contribution in [2.45, 2.75) is 96.5 Å². The van der Waals surface area contributed by atoms with Crippen molar-refractivity contribution in [1.82, 2.24) is 4.90 Å². The van der Waals surface area contributed by atoms with Crippen LogP contribution in [0.5, 0.6) is 0 Å². The van der Waals surface area contributed by atoms with Gasteiger partial charge in [-0.05, 0) is 87.6 Å². The van der Waals surface area contributed by atoms with Crippen molar-refractivity contribution < 1.29 is 19.1 Å². The lowest BCUT2D eigenvalue weighted by Gasteiger charge is -2.36. The van der Waals surface area contributed by atoms with Gasteiger partial charge in [0.2, 0.25) is 5.91 Å². The van der Waals surface area contributed by atoms with Crippen LogP contribution in [0.15, 0.2) is 90.4 Å². The normalized spacial score (nSPS) is 16.9. The molecule has 0 saturated carbocycles. The zero-order valence-corrected chi connectivity index (χ0v) is 32.1. The first-order chi connectivity index (χ1) is 25.6. The molecule has 8 heteroatoms. The summed E-state index contributed by atoms with van der Waals surface area (Å²) < 4.78 is 13.2. The zero-order valence-electron chi connectivity index (χ0n) is 31.3. The number of thiophene rings is 1. The Morgan fingerprint density at radius 2 is 1.56 bits per heavy atom. The van der Waals surface area contributed by atoms with Crippen molar-refractivity contribution >= 4 is 44.7 Å². The second-order valence-corrected chi connectivity index (χ2v) is 14.8. The highest BCUT2D eigenvalue weighted by Crippen LogP contribution is 2.37. The molecule has 0 spiro atoms. The van der Waals surface area contributed by atoms with Crippen LogP contribution in [0.1, 0.15) is 102 Å². The molecule has 52 heavy (non-hydrogen) atoms. The Hall–Kier alpha value is -3.72. The molecular weight excluding hydrogens is 667 g/mol. The van der Waals surface area contributed by atoms with Crippen molar-refractivity contribution in [2.24, 2.45) is 0 Å². The van der Waals surface area contributed by atoms with E-state index in [9.17, 15) is 9.59 Å². The highest BCUT2D eigenvalue weighted by Gasteiger charge is 2.32. The molecule has 1 amide bonds. The van der Waals surface area contributed by atoms with Crippen molar-refractivity contribution in [3.63, 3.8) is 0 Å². The van der Waals surface area contributed by atoms with Gasteiger partial charge in [0.25, 0.3) is 0 Å². The molecule has 0 N–H and O–H groups in total. The minimum Gasteiger partial charge on any atom is -0.444 e. The average Bonchev–Trinajstić information content (AvgIpc) is 3.66. The maximum Gasteiger partial charge on any atom is 0.307 e. The fourth-order valence-corrected chi connectivity index (χ4v) is 7.84. The van der Waals surface area contributed by atoms with Crippen molar-refractivity contribution in [1.29, 1.82) is 0 Å². The van der Waals surface area contributed by atoms with E-state index >= 15 is 0 Å². The summed E-state index contributed by atoms with van der Waals surface area (Å²) in [5, 5.41) is 3.55. The number of hydrogen-bond acceptors (Lipinski definition) is 7. The van der Waals surface area contributed by atoms with Gasteiger partial charge in [-0.1, -0.05) is 86.9 Å². The summed E-state index contributed by atoms with van der Waals surface area (Å²) >= 11 is 1.81. The molecule has 1 unspecified atom stereocenters. The SMILES string of the molecule is CC/C=C\C/C=C\C/C=C\CCCCCCCC(=O)OCN1C(=O)CC(OCCCCN2CCN(c3cccc4sccc34)CC2)c2ccccc21. The number of nitrogens with zero attached hydrogens (tertiary/aromatic N) is 3. The first-order valence-electron chi connectivity index (χ1n) is 19.7. The number of anilines is 2. The van der Waals surface area contributed by atoms with E-state index in [2.05, 4.69) is 82.8 Å². The minimum atomic E-state index is -0.274. The summed E-state index contributed by atoms with van der Waals surface area (Å²) in [6.07, 6.45) is 25.3. The van der Waals surface area contributed by atoms with Crippen molar-refractivity contribution in [2.75, 3.05) is 55.9 Å². The van der Waals surface area contributed by atoms with E-state index in [0.29, 0.717) is 13.0 Å². The topological polar surface area (TPSA) is 62.3 Å². The second-order valence-electron chi connectivity index (χ2n) is 13.8. The number of unbranched alkanes of at least 4 members (excludes halogenated alkanes) is 6. The van der Waals surface area contributed by atoms with Gasteiger partial charge in [-0.15, -0.1) is 11.3 Å². The van der Waals surface area contributed by atoms with Crippen LogP contribution in [0.3, 0.4) is 0 Å². The van der Waals surface area contributed by atoms with Crippen LogP contribution in [0, 0.1) is 0 Å². The van der Waals surface area contributed by atoms with E-state index in [1.54, 1.807) is 4.90 Å². The molecule has 1 saturated heterocycles. The number of rotatable bonds is 22. The van der Waals surface area contributed by atoms with E-state index < -0.39 is 0 Å². The van der Waals surface area contributed by atoms with Gasteiger partial charge in [0.1, 0.15) is 0 Å². The molecule has 0 bridgehead atoms. The molecule has 7 nitrogen and oxygen atoms in total. The predicted molar refractivity (Wildman–Crippen MR) is 217 cm³/mol. The van der Waals surface area contributed by atoms with Gasteiger partial charge in [0, 0.05) is 60.5 Å². The number of para-hydroxylation sites is 1. The van der Waals surface area contributed by atoms with Crippen LogP contribution in [-0.2, 0) is 19.1 Å². The number of ether oxygens (including phenoxy) is 2. The molecule has 5 rings (SSSR count).